The van der Waals surface area contributed by atoms with Gasteiger partial charge in [0.1, 0.15) is 23.4 Å². The standard InChI is InChI=1S/C56H71FN10O8/c1-73-42-19-20-46-44(32-42)39(33-62-46)30-48(66-54(71)38-9-7-10-40(58)29-38)55(72)65-47(28-35-13-15-36(16-14-35)43-11-3-4-12-51(43)74-2)50(68)22-17-37(8-5-6-23-61-56(59)60)53(70)63-34-52(69)64-41-18-21-49(45(57)31-41)67-24-26-75-27-25-67/h3-4,11-16,18-21,31-33,37-38,40,47-48,62H,5-10,17,22-30,34,58H2,1-2H3,(H,63,70)(H,64,69)(H,65,72)(H,66,71)(H4,59,60,61)/t37-,38+,40+,47+,48+/m1/s1. The molecule has 75 heavy (non-hydrogen) atoms. The Balaban J connectivity index is 1.09. The number of ether oxygens (including phenoxy) is 3. The quantitative estimate of drug-likeness (QED) is 0.0200. The van der Waals surface area contributed by atoms with E-state index in [4.69, 9.17) is 31.1 Å². The fourth-order valence-corrected chi connectivity index (χ4v) is 9.89. The van der Waals surface area contributed by atoms with E-state index in [9.17, 15) is 24.0 Å². The topological polar surface area (TPSA) is 268 Å². The van der Waals surface area contributed by atoms with Crippen LogP contribution in [0.5, 0.6) is 11.5 Å². The first-order chi connectivity index (χ1) is 36.3. The molecule has 19 heteroatoms. The van der Waals surface area contributed by atoms with Crippen LogP contribution in [0.15, 0.2) is 91.1 Å². The molecule has 1 saturated carbocycles. The average molecular weight is 1030 g/mol. The summed E-state index contributed by atoms with van der Waals surface area (Å²) in [6, 6.07) is 23.0. The van der Waals surface area contributed by atoms with E-state index in [1.807, 2.05) is 71.6 Å². The largest absolute Gasteiger partial charge is 0.497 e. The summed E-state index contributed by atoms with van der Waals surface area (Å²) in [5.74, 6) is -2.68. The van der Waals surface area contributed by atoms with Gasteiger partial charge in [-0.1, -0.05) is 55.3 Å². The number of guanidine groups is 1. The molecule has 0 bridgehead atoms. The van der Waals surface area contributed by atoms with E-state index in [1.54, 1.807) is 32.5 Å². The third-order valence-corrected chi connectivity index (χ3v) is 14.0. The Morgan fingerprint density at radius 2 is 1.65 bits per heavy atom. The number of aromatic amines is 1. The van der Waals surface area contributed by atoms with Crippen molar-refractivity contribution in [2.24, 2.45) is 23.3 Å². The van der Waals surface area contributed by atoms with Gasteiger partial charge in [0.15, 0.2) is 11.7 Å². The summed E-state index contributed by atoms with van der Waals surface area (Å²) in [4.78, 5) is 75.7. The van der Waals surface area contributed by atoms with E-state index in [-0.39, 0.29) is 61.0 Å². The zero-order valence-electron chi connectivity index (χ0n) is 42.8. The molecule has 5 aromatic rings. The Morgan fingerprint density at radius 1 is 0.867 bits per heavy atom. The summed E-state index contributed by atoms with van der Waals surface area (Å²) in [7, 11) is 3.18. The number of nitrogens with zero attached hydrogens (tertiary/aromatic N) is 1. The number of H-pyrrole nitrogens is 1. The maximum atomic E-state index is 15.1. The molecule has 4 aromatic carbocycles. The van der Waals surface area contributed by atoms with Gasteiger partial charge in [0, 0.05) is 78.7 Å². The van der Waals surface area contributed by atoms with Gasteiger partial charge < -0.3 is 62.1 Å². The third-order valence-electron chi connectivity index (χ3n) is 14.0. The highest BCUT2D eigenvalue weighted by molar-refractivity contribution is 5.96. The second-order valence-electron chi connectivity index (χ2n) is 19.3. The highest BCUT2D eigenvalue weighted by Gasteiger charge is 2.33. The normalized spacial score (nSPS) is 16.7. The van der Waals surface area contributed by atoms with Crippen LogP contribution >= 0.6 is 0 Å². The number of para-hydroxylation sites is 1. The van der Waals surface area contributed by atoms with E-state index < -0.39 is 48.1 Å². The van der Waals surface area contributed by atoms with Gasteiger partial charge in [-0.05, 0) is 104 Å². The summed E-state index contributed by atoms with van der Waals surface area (Å²) >= 11 is 0. The number of halogens is 1. The number of hydrogen-bond donors (Lipinski definition) is 9. The van der Waals surface area contributed by atoms with Crippen molar-refractivity contribution < 1.29 is 42.6 Å². The van der Waals surface area contributed by atoms with Crippen LogP contribution in [0.2, 0.25) is 0 Å². The summed E-state index contributed by atoms with van der Waals surface area (Å²) in [5.41, 5.74) is 16.5. The Bertz CT molecular complexity index is 2760. The van der Waals surface area contributed by atoms with E-state index in [2.05, 4.69) is 31.6 Å². The number of ketones is 1. The number of morpholine rings is 1. The number of carbonyl (C=O) groups excluding carboxylic acids is 5. The molecule has 1 aromatic heterocycles. The number of nitrogens with two attached hydrogens (primary N) is 2. The summed E-state index contributed by atoms with van der Waals surface area (Å²) in [6.07, 6.45) is 6.13. The highest BCUT2D eigenvalue weighted by atomic mass is 19.1. The molecule has 2 fully saturated rings. The van der Waals surface area contributed by atoms with Crippen molar-refractivity contribution in [2.75, 3.05) is 63.8 Å². The fourth-order valence-electron chi connectivity index (χ4n) is 9.89. The molecule has 18 nitrogen and oxygen atoms in total. The van der Waals surface area contributed by atoms with Crippen molar-refractivity contribution in [3.05, 3.63) is 108 Å². The number of rotatable bonds is 25. The predicted molar refractivity (Wildman–Crippen MR) is 287 cm³/mol. The maximum absolute atomic E-state index is 15.1. The maximum Gasteiger partial charge on any atom is 0.243 e. The van der Waals surface area contributed by atoms with Crippen LogP contribution in [0.25, 0.3) is 22.0 Å². The number of Topliss-reactive ketones (excluding diaryl/α,β-unsaturated/α-hetero) is 1. The first kappa shape index (κ1) is 55.2. The van der Waals surface area contributed by atoms with Crippen molar-refractivity contribution in [2.45, 2.75) is 88.8 Å². The van der Waals surface area contributed by atoms with Gasteiger partial charge in [0.05, 0.1) is 45.7 Å². The summed E-state index contributed by atoms with van der Waals surface area (Å²) in [6.45, 7) is 2.05. The Kier molecular flexibility index (Phi) is 20.0. The van der Waals surface area contributed by atoms with Gasteiger partial charge in [-0.15, -0.1) is 0 Å². The number of aromatic nitrogens is 1. The lowest BCUT2D eigenvalue weighted by atomic mass is 9.85. The minimum absolute atomic E-state index is 0.0824. The number of nitrogens with one attached hydrogen (secondary N) is 7. The van der Waals surface area contributed by atoms with E-state index >= 15 is 4.39 Å². The van der Waals surface area contributed by atoms with Crippen molar-refractivity contribution in [3.63, 3.8) is 0 Å². The number of benzene rings is 4. The van der Waals surface area contributed by atoms with Crippen molar-refractivity contribution in [3.8, 4) is 22.6 Å². The Hall–Kier alpha value is -7.51. The first-order valence-corrected chi connectivity index (χ1v) is 25.8. The van der Waals surface area contributed by atoms with E-state index in [0.29, 0.717) is 82.1 Å². The second kappa shape index (κ2) is 27.1. The minimum atomic E-state index is -1.09. The molecule has 7 rings (SSSR count). The first-order valence-electron chi connectivity index (χ1n) is 25.8. The number of amides is 4. The molecule has 1 aliphatic heterocycles. The van der Waals surface area contributed by atoms with Crippen LogP contribution in [-0.2, 0) is 41.6 Å². The lowest BCUT2D eigenvalue weighted by Gasteiger charge is -2.29. The summed E-state index contributed by atoms with van der Waals surface area (Å²) in [5, 5.41) is 22.5. The fraction of sp³-hybridized carbons (Fsp3) is 0.429. The molecule has 0 spiro atoms. The SMILES string of the molecule is COc1ccc2[nH]cc(C[C@H](NC(=O)[C@H]3CCC[C@H](N)C3)C(=O)N[C@@H](Cc3ccc(-c4ccccc4OC)cc3)C(=O)CC[C@@H](CCCCNC(=N)N)C(=O)NCC(=O)Nc3ccc(N4CCOCC4)c(F)c3)c2c1. The number of methoxy groups -OCH3 is 2. The van der Waals surface area contributed by atoms with Crippen LogP contribution in [-0.4, -0.2) is 112 Å². The molecule has 2 aliphatic rings. The Morgan fingerprint density at radius 3 is 2.39 bits per heavy atom. The van der Waals surface area contributed by atoms with Crippen LogP contribution in [0, 0.1) is 23.1 Å². The number of carbonyl (C=O) groups is 5. The van der Waals surface area contributed by atoms with Gasteiger partial charge in [0.2, 0.25) is 23.6 Å². The molecule has 5 atom stereocenters. The molecule has 1 saturated heterocycles. The Labute approximate surface area is 437 Å². The molecule has 1 aliphatic carbocycles. The highest BCUT2D eigenvalue weighted by Crippen LogP contribution is 2.31. The lowest BCUT2D eigenvalue weighted by molar-refractivity contribution is -0.133. The van der Waals surface area contributed by atoms with E-state index in [1.165, 1.54) is 6.07 Å². The second-order valence-corrected chi connectivity index (χ2v) is 19.3. The zero-order chi connectivity index (χ0) is 53.3. The summed E-state index contributed by atoms with van der Waals surface area (Å²) < 4.78 is 31.6. The molecular weight excluding hydrogens is 960 g/mol. The molecule has 0 unspecified atom stereocenters. The zero-order valence-corrected chi connectivity index (χ0v) is 42.8. The molecule has 2 heterocycles. The smallest absolute Gasteiger partial charge is 0.243 e. The van der Waals surface area contributed by atoms with Gasteiger partial charge in [-0.25, -0.2) is 4.39 Å². The monoisotopic (exact) mass is 1030 g/mol. The molecular formula is C56H71FN10O8. The van der Waals surface area contributed by atoms with Gasteiger partial charge in [0.25, 0.3) is 0 Å². The van der Waals surface area contributed by atoms with Crippen LogP contribution in [0.4, 0.5) is 15.8 Å². The number of unbranched alkanes of at least 4 members (excludes halogenated alkanes) is 1. The van der Waals surface area contributed by atoms with Gasteiger partial charge >= 0.3 is 0 Å². The van der Waals surface area contributed by atoms with Crippen molar-refractivity contribution in [1.82, 2.24) is 26.3 Å². The molecule has 4 amide bonds. The number of fused-ring (bicyclic) bond motifs is 1. The molecule has 400 valence electrons. The average Bonchev–Trinajstić information content (AvgIpc) is 3.82. The number of hydrogen-bond acceptors (Lipinski definition) is 11. The van der Waals surface area contributed by atoms with E-state index in [0.717, 1.165) is 46.0 Å². The number of anilines is 2. The molecule has 11 N–H and O–H groups in total. The minimum Gasteiger partial charge on any atom is -0.497 e. The lowest BCUT2D eigenvalue weighted by Crippen LogP contribution is -2.54. The van der Waals surface area contributed by atoms with Crippen molar-refractivity contribution >= 4 is 57.6 Å². The van der Waals surface area contributed by atoms with Crippen LogP contribution in [0.3, 0.4) is 0 Å². The third kappa shape index (κ3) is 15.8. The van der Waals surface area contributed by atoms with Crippen LogP contribution in [0.1, 0.15) is 68.9 Å². The van der Waals surface area contributed by atoms with Gasteiger partial charge in [-0.2, -0.15) is 0 Å². The molecule has 0 radical (unpaired) electrons. The van der Waals surface area contributed by atoms with Crippen molar-refractivity contribution in [1.29, 1.82) is 5.41 Å². The van der Waals surface area contributed by atoms with Gasteiger partial charge in [-0.3, -0.25) is 29.4 Å². The predicted octanol–water partition coefficient (Wildman–Crippen LogP) is 5.47. The van der Waals surface area contributed by atoms with Crippen LogP contribution < -0.4 is 52.4 Å².